The van der Waals surface area contributed by atoms with Crippen molar-refractivity contribution in [2.24, 2.45) is 0 Å². The van der Waals surface area contributed by atoms with E-state index in [1.54, 1.807) is 19.6 Å². The van der Waals surface area contributed by atoms with Gasteiger partial charge in [0.05, 0.1) is 13.3 Å². The molecule has 0 fully saturated rings. The Bertz CT molecular complexity index is 963. The molecule has 0 radical (unpaired) electrons. The summed E-state index contributed by atoms with van der Waals surface area (Å²) in [6.07, 6.45) is 4.66. The molecule has 4 rings (SSSR count). The summed E-state index contributed by atoms with van der Waals surface area (Å²) < 4.78 is 16.2. The smallest absolute Gasteiger partial charge is 0.299 e. The molecule has 0 saturated heterocycles. The third kappa shape index (κ3) is 3.10. The number of nitrogens with zero attached hydrogens (tertiary/aromatic N) is 2. The molecular weight excluding hydrogens is 318 g/mol. The Labute approximate surface area is 144 Å². The highest BCUT2D eigenvalue weighted by atomic mass is 16.5. The van der Waals surface area contributed by atoms with Crippen molar-refractivity contribution in [2.45, 2.75) is 0 Å². The van der Waals surface area contributed by atoms with Crippen LogP contribution in [0.15, 0.2) is 76.2 Å². The molecule has 0 spiro atoms. The zero-order valence-electron chi connectivity index (χ0n) is 13.5. The topological polar surface area (TPSA) is 73.3 Å². The lowest BCUT2D eigenvalue weighted by Gasteiger charge is -2.09. The Hall–Kier alpha value is -3.54. The standard InChI is InChI=1S/C19H15N3O3/c1-23-17-9-14(7-8-15(17)16-11-24-12-21-16)22-19-20-10-18(25-19)13-5-3-2-4-6-13/h2-12H,1H3,(H,20,22). The summed E-state index contributed by atoms with van der Waals surface area (Å²) in [6, 6.07) is 15.9. The molecule has 4 aromatic rings. The Morgan fingerprint density at radius 2 is 1.92 bits per heavy atom. The first-order valence-electron chi connectivity index (χ1n) is 7.68. The van der Waals surface area contributed by atoms with Gasteiger partial charge in [-0.2, -0.15) is 0 Å². The van der Waals surface area contributed by atoms with Crippen molar-refractivity contribution in [2.75, 3.05) is 12.4 Å². The van der Waals surface area contributed by atoms with Crippen LogP contribution in [0, 0.1) is 0 Å². The van der Waals surface area contributed by atoms with E-state index in [4.69, 9.17) is 13.6 Å². The zero-order valence-corrected chi connectivity index (χ0v) is 13.5. The summed E-state index contributed by atoms with van der Waals surface area (Å²) >= 11 is 0. The van der Waals surface area contributed by atoms with Crippen molar-refractivity contribution < 1.29 is 13.6 Å². The summed E-state index contributed by atoms with van der Waals surface area (Å²) in [4.78, 5) is 8.42. The van der Waals surface area contributed by atoms with Gasteiger partial charge in [-0.05, 0) is 12.1 Å². The number of anilines is 2. The summed E-state index contributed by atoms with van der Waals surface area (Å²) in [5.41, 5.74) is 3.33. The minimum Gasteiger partial charge on any atom is -0.496 e. The van der Waals surface area contributed by atoms with E-state index in [0.29, 0.717) is 23.2 Å². The fraction of sp³-hybridized carbons (Fsp3) is 0.0526. The second-order valence-corrected chi connectivity index (χ2v) is 5.31. The van der Waals surface area contributed by atoms with E-state index in [1.807, 2.05) is 48.5 Å². The first-order valence-corrected chi connectivity index (χ1v) is 7.68. The van der Waals surface area contributed by atoms with E-state index in [-0.39, 0.29) is 0 Å². The van der Waals surface area contributed by atoms with Crippen molar-refractivity contribution in [1.82, 2.24) is 9.97 Å². The van der Waals surface area contributed by atoms with Crippen LogP contribution in [-0.2, 0) is 0 Å². The SMILES string of the molecule is COc1cc(Nc2ncc(-c3ccccc3)o2)ccc1-c1cocn1. The van der Waals surface area contributed by atoms with E-state index >= 15 is 0 Å². The van der Waals surface area contributed by atoms with Gasteiger partial charge in [-0.15, -0.1) is 0 Å². The number of hydrogen-bond acceptors (Lipinski definition) is 6. The van der Waals surface area contributed by atoms with Gasteiger partial charge >= 0.3 is 0 Å². The number of ether oxygens (including phenoxy) is 1. The predicted molar refractivity (Wildman–Crippen MR) is 93.7 cm³/mol. The molecule has 2 aromatic carbocycles. The molecule has 0 atom stereocenters. The number of hydrogen-bond donors (Lipinski definition) is 1. The molecule has 0 unspecified atom stereocenters. The molecule has 0 aliphatic rings. The van der Waals surface area contributed by atoms with Crippen molar-refractivity contribution in [3.8, 4) is 28.3 Å². The first kappa shape index (κ1) is 15.0. The maximum Gasteiger partial charge on any atom is 0.299 e. The highest BCUT2D eigenvalue weighted by molar-refractivity contribution is 5.71. The fourth-order valence-corrected chi connectivity index (χ4v) is 2.52. The van der Waals surface area contributed by atoms with Crippen molar-refractivity contribution in [3.05, 3.63) is 67.4 Å². The second-order valence-electron chi connectivity index (χ2n) is 5.31. The fourth-order valence-electron chi connectivity index (χ4n) is 2.52. The molecule has 2 heterocycles. The van der Waals surface area contributed by atoms with Crippen LogP contribution in [0.25, 0.3) is 22.6 Å². The Balaban J connectivity index is 1.58. The van der Waals surface area contributed by atoms with Crippen molar-refractivity contribution >= 4 is 11.7 Å². The lowest BCUT2D eigenvalue weighted by atomic mass is 10.1. The number of aromatic nitrogens is 2. The molecule has 0 aliphatic heterocycles. The molecular formula is C19H15N3O3. The maximum atomic E-state index is 5.76. The van der Waals surface area contributed by atoms with Gasteiger partial charge < -0.3 is 18.9 Å². The Morgan fingerprint density at radius 3 is 2.68 bits per heavy atom. The Morgan fingerprint density at radius 1 is 1.04 bits per heavy atom. The van der Waals surface area contributed by atoms with E-state index in [9.17, 15) is 0 Å². The lowest BCUT2D eigenvalue weighted by molar-refractivity contribution is 0.416. The van der Waals surface area contributed by atoms with Gasteiger partial charge in [0, 0.05) is 22.9 Å². The summed E-state index contributed by atoms with van der Waals surface area (Å²) in [6.45, 7) is 0. The number of rotatable bonds is 5. The van der Waals surface area contributed by atoms with Gasteiger partial charge in [-0.1, -0.05) is 30.3 Å². The summed E-state index contributed by atoms with van der Waals surface area (Å²) in [5, 5.41) is 3.14. The quantitative estimate of drug-likeness (QED) is 0.568. The van der Waals surface area contributed by atoms with Crippen LogP contribution in [0.3, 0.4) is 0 Å². The van der Waals surface area contributed by atoms with E-state index in [1.165, 1.54) is 6.39 Å². The van der Waals surface area contributed by atoms with Gasteiger partial charge in [-0.25, -0.2) is 9.97 Å². The molecule has 1 N–H and O–H groups in total. The van der Waals surface area contributed by atoms with Crippen LogP contribution >= 0.6 is 0 Å². The predicted octanol–water partition coefficient (Wildman–Crippen LogP) is 4.75. The van der Waals surface area contributed by atoms with E-state index in [0.717, 1.165) is 16.8 Å². The van der Waals surface area contributed by atoms with Crippen molar-refractivity contribution in [1.29, 1.82) is 0 Å². The number of benzene rings is 2. The Kier molecular flexibility index (Phi) is 3.92. The highest BCUT2D eigenvalue weighted by Crippen LogP contribution is 2.33. The van der Waals surface area contributed by atoms with Crippen LogP contribution in [0.1, 0.15) is 0 Å². The van der Waals surface area contributed by atoms with Gasteiger partial charge in [0.1, 0.15) is 17.7 Å². The average Bonchev–Trinajstić information content (AvgIpc) is 3.34. The minimum absolute atomic E-state index is 0.412. The molecule has 6 heteroatoms. The third-order valence-electron chi connectivity index (χ3n) is 3.73. The number of nitrogens with one attached hydrogen (secondary N) is 1. The van der Waals surface area contributed by atoms with Crippen LogP contribution in [0.2, 0.25) is 0 Å². The van der Waals surface area contributed by atoms with E-state index in [2.05, 4.69) is 15.3 Å². The molecule has 0 saturated carbocycles. The molecule has 0 amide bonds. The van der Waals surface area contributed by atoms with Gasteiger partial charge in [0.2, 0.25) is 0 Å². The summed E-state index contributed by atoms with van der Waals surface area (Å²) in [5.74, 6) is 1.38. The van der Waals surface area contributed by atoms with Crippen molar-refractivity contribution in [3.63, 3.8) is 0 Å². The molecule has 0 aliphatic carbocycles. The molecule has 6 nitrogen and oxygen atoms in total. The monoisotopic (exact) mass is 333 g/mol. The largest absolute Gasteiger partial charge is 0.496 e. The van der Waals surface area contributed by atoms with E-state index < -0.39 is 0 Å². The van der Waals surface area contributed by atoms with Crippen LogP contribution in [-0.4, -0.2) is 17.1 Å². The highest BCUT2D eigenvalue weighted by Gasteiger charge is 2.11. The average molecular weight is 333 g/mol. The van der Waals surface area contributed by atoms with Crippen LogP contribution in [0.5, 0.6) is 5.75 Å². The normalized spacial score (nSPS) is 10.6. The zero-order chi connectivity index (χ0) is 17.1. The molecule has 25 heavy (non-hydrogen) atoms. The van der Waals surface area contributed by atoms with Crippen LogP contribution < -0.4 is 10.1 Å². The lowest BCUT2D eigenvalue weighted by Crippen LogP contribution is -1.93. The maximum absolute atomic E-state index is 5.76. The molecule has 0 bridgehead atoms. The summed E-state index contributed by atoms with van der Waals surface area (Å²) in [7, 11) is 1.61. The minimum atomic E-state index is 0.412. The third-order valence-corrected chi connectivity index (χ3v) is 3.73. The first-order chi connectivity index (χ1) is 12.3. The van der Waals surface area contributed by atoms with Gasteiger partial charge in [0.25, 0.3) is 6.01 Å². The number of oxazole rings is 2. The molecule has 124 valence electrons. The van der Waals surface area contributed by atoms with Gasteiger partial charge in [-0.3, -0.25) is 0 Å². The van der Waals surface area contributed by atoms with Crippen LogP contribution in [0.4, 0.5) is 11.7 Å². The van der Waals surface area contributed by atoms with Gasteiger partial charge in [0.15, 0.2) is 12.2 Å². The second kappa shape index (κ2) is 6.52. The molecule has 2 aromatic heterocycles. The number of methoxy groups -OCH3 is 1.